The van der Waals surface area contributed by atoms with Crippen LogP contribution in [0, 0.1) is 34.5 Å². The van der Waals surface area contributed by atoms with E-state index < -0.39 is 30.1 Å². The van der Waals surface area contributed by atoms with Gasteiger partial charge < -0.3 is 29.9 Å². The van der Waals surface area contributed by atoms with Crippen LogP contribution < -0.4 is 0 Å². The van der Waals surface area contributed by atoms with Crippen LogP contribution in [-0.2, 0) is 19.1 Å². The fourth-order valence-electron chi connectivity index (χ4n) is 10.1. The Kier molecular flexibility index (Phi) is 6.78. The zero-order chi connectivity index (χ0) is 27.0. The number of hydrogen-bond acceptors (Lipinski definition) is 9. The fraction of sp³-hybridized carbons (Fsp3) is 0.897. The van der Waals surface area contributed by atoms with Gasteiger partial charge in [0.15, 0.2) is 6.23 Å². The van der Waals surface area contributed by atoms with Crippen LogP contribution in [0.1, 0.15) is 71.6 Å². The van der Waals surface area contributed by atoms with E-state index in [1.807, 2.05) is 0 Å². The molecule has 0 amide bonds. The van der Waals surface area contributed by atoms with Gasteiger partial charge >= 0.3 is 5.97 Å². The van der Waals surface area contributed by atoms with E-state index in [1.165, 1.54) is 0 Å². The van der Waals surface area contributed by atoms with Crippen LogP contribution in [0.5, 0.6) is 0 Å². The highest BCUT2D eigenvalue weighted by Gasteiger charge is 2.68. The first-order valence-electron chi connectivity index (χ1n) is 14.6. The minimum absolute atomic E-state index is 0.0383. The molecule has 9 heteroatoms. The van der Waals surface area contributed by atoms with Gasteiger partial charge in [-0.1, -0.05) is 13.8 Å². The van der Waals surface area contributed by atoms with Gasteiger partial charge in [-0.05, 0) is 92.4 Å². The van der Waals surface area contributed by atoms with Crippen LogP contribution >= 0.6 is 0 Å². The molecule has 0 aromatic heterocycles. The molecule has 4 N–H and O–H groups in total. The highest BCUT2D eigenvalue weighted by molar-refractivity contribution is 5.85. The quantitative estimate of drug-likeness (QED) is 0.315. The fourth-order valence-corrected chi connectivity index (χ4v) is 10.1. The van der Waals surface area contributed by atoms with E-state index in [1.54, 1.807) is 18.2 Å². The lowest BCUT2D eigenvalue weighted by atomic mass is 9.43. The number of ether oxygens (including phenoxy) is 2. The van der Waals surface area contributed by atoms with Gasteiger partial charge in [-0.3, -0.25) is 4.84 Å². The molecular weight excluding hydrogens is 490 g/mol. The van der Waals surface area contributed by atoms with E-state index in [9.17, 15) is 25.2 Å². The number of hydrogen-bond donors (Lipinski definition) is 4. The third kappa shape index (κ3) is 3.80. The predicted octanol–water partition coefficient (Wildman–Crippen LogP) is 1.91. The van der Waals surface area contributed by atoms with Gasteiger partial charge in [0.2, 0.25) is 0 Å². The summed E-state index contributed by atoms with van der Waals surface area (Å²) in [5, 5.41) is 44.9. The lowest BCUT2D eigenvalue weighted by Gasteiger charge is -2.64. The van der Waals surface area contributed by atoms with E-state index in [0.29, 0.717) is 18.4 Å². The first kappa shape index (κ1) is 27.1. The number of cyclic esters (lactones) is 1. The maximum Gasteiger partial charge on any atom is 0.331 e. The second-order valence-electron chi connectivity index (χ2n) is 13.5. The Labute approximate surface area is 225 Å². The van der Waals surface area contributed by atoms with Crippen molar-refractivity contribution in [3.05, 3.63) is 11.6 Å². The van der Waals surface area contributed by atoms with Crippen molar-refractivity contribution >= 4 is 5.97 Å². The molecule has 4 aliphatic carbocycles. The van der Waals surface area contributed by atoms with Gasteiger partial charge in [0.1, 0.15) is 24.9 Å². The van der Waals surface area contributed by atoms with Gasteiger partial charge in [-0.2, -0.15) is 5.06 Å². The molecule has 0 aromatic rings. The molecular formula is C29H45NO8. The van der Waals surface area contributed by atoms with Crippen molar-refractivity contribution in [2.75, 3.05) is 20.3 Å². The minimum Gasteiger partial charge on any atom is -0.458 e. The van der Waals surface area contributed by atoms with Crippen LogP contribution in [0.25, 0.3) is 0 Å². The molecule has 6 rings (SSSR count). The summed E-state index contributed by atoms with van der Waals surface area (Å²) in [6, 6.07) is 0.0383. The Morgan fingerprint density at radius 3 is 2.50 bits per heavy atom. The maximum atomic E-state index is 12.4. The molecule has 1 saturated heterocycles. The van der Waals surface area contributed by atoms with E-state index in [-0.39, 0.29) is 41.3 Å². The summed E-state index contributed by atoms with van der Waals surface area (Å²) in [5.41, 5.74) is 0.215. The molecule has 4 unspecified atom stereocenters. The minimum atomic E-state index is -1.27. The van der Waals surface area contributed by atoms with Gasteiger partial charge in [-0.25, -0.2) is 4.79 Å². The topological polar surface area (TPSA) is 129 Å². The summed E-state index contributed by atoms with van der Waals surface area (Å²) in [6.07, 6.45) is 5.76. The monoisotopic (exact) mass is 535 g/mol. The Morgan fingerprint density at radius 1 is 1.00 bits per heavy atom. The SMILES string of the molecule is CON(C1OC[C@@H](O)[C@H](O)[C@H]1O)[C@H]1CC[C@@]2(C)C(CCC3C2CC[C@]2(C)[C@@H](C4=CC(=O)OC4)CC[C@]32O)C1. The van der Waals surface area contributed by atoms with Crippen molar-refractivity contribution in [2.24, 2.45) is 34.5 Å². The second-order valence-corrected chi connectivity index (χ2v) is 13.5. The summed E-state index contributed by atoms with van der Waals surface area (Å²) >= 11 is 0. The molecule has 0 bridgehead atoms. The summed E-state index contributed by atoms with van der Waals surface area (Å²) in [5.74, 6) is 1.11. The van der Waals surface area contributed by atoms with Crippen LogP contribution in [0.2, 0.25) is 0 Å². The largest absolute Gasteiger partial charge is 0.458 e. The van der Waals surface area contributed by atoms with Crippen molar-refractivity contribution in [1.82, 2.24) is 5.06 Å². The zero-order valence-electron chi connectivity index (χ0n) is 22.9. The first-order chi connectivity index (χ1) is 18.0. The third-order valence-electron chi connectivity index (χ3n) is 12.3. The molecule has 5 fully saturated rings. The second kappa shape index (κ2) is 9.50. The standard InChI is InChI=1S/C29H45NO8/c1-27-9-6-18(30(36-3)26-25(34)24(33)22(31)15-38-26)13-17(27)4-5-21-20(27)7-10-28(2)19(8-11-29(21,28)35)16-12-23(32)37-14-16/h12,17-22,24-26,31,33-35H,4-11,13-15H2,1-3H3/t17?,18-,19+,20?,21?,22+,24-,25+,26?,27-,28+,29-/m0/s1. The third-order valence-corrected chi connectivity index (χ3v) is 12.3. The smallest absolute Gasteiger partial charge is 0.331 e. The van der Waals surface area contributed by atoms with Gasteiger partial charge in [0, 0.05) is 17.5 Å². The molecule has 0 radical (unpaired) electrons. The van der Waals surface area contributed by atoms with E-state index >= 15 is 0 Å². The molecule has 214 valence electrons. The number of carbonyl (C=O) groups excluding carboxylic acids is 1. The van der Waals surface area contributed by atoms with Crippen molar-refractivity contribution in [3.63, 3.8) is 0 Å². The van der Waals surface area contributed by atoms with Crippen LogP contribution in [0.15, 0.2) is 11.6 Å². The lowest BCUT2D eigenvalue weighted by molar-refractivity contribution is -0.326. The van der Waals surface area contributed by atoms with Crippen LogP contribution in [0.4, 0.5) is 0 Å². The molecule has 12 atom stereocenters. The number of hydroxylamine groups is 2. The van der Waals surface area contributed by atoms with Crippen LogP contribution in [0.3, 0.4) is 0 Å². The summed E-state index contributed by atoms with van der Waals surface area (Å²) in [6.45, 7) is 5.01. The van der Waals surface area contributed by atoms with Gasteiger partial charge in [0.05, 0.1) is 19.3 Å². The number of rotatable bonds is 4. The molecule has 2 aliphatic heterocycles. The highest BCUT2D eigenvalue weighted by Crippen LogP contribution is 2.70. The van der Waals surface area contributed by atoms with E-state index in [4.69, 9.17) is 14.3 Å². The summed E-state index contributed by atoms with van der Waals surface area (Å²) in [4.78, 5) is 17.5. The predicted molar refractivity (Wildman–Crippen MR) is 136 cm³/mol. The Morgan fingerprint density at radius 2 is 1.79 bits per heavy atom. The van der Waals surface area contributed by atoms with Crippen molar-refractivity contribution < 1.29 is 39.5 Å². The number of carbonyl (C=O) groups is 1. The lowest BCUT2D eigenvalue weighted by Crippen LogP contribution is -2.64. The first-order valence-corrected chi connectivity index (χ1v) is 14.6. The molecule has 38 heavy (non-hydrogen) atoms. The number of nitrogens with zero attached hydrogens (tertiary/aromatic N) is 1. The van der Waals surface area contributed by atoms with E-state index in [0.717, 1.165) is 63.4 Å². The van der Waals surface area contributed by atoms with Crippen molar-refractivity contribution in [1.29, 1.82) is 0 Å². The summed E-state index contributed by atoms with van der Waals surface area (Å²) in [7, 11) is 1.57. The Hall–Kier alpha value is -1.07. The van der Waals surface area contributed by atoms with Crippen LogP contribution in [-0.4, -0.2) is 88.0 Å². The van der Waals surface area contributed by atoms with Crippen molar-refractivity contribution in [3.8, 4) is 0 Å². The number of aliphatic hydroxyl groups excluding tert-OH is 3. The number of fused-ring (bicyclic) bond motifs is 5. The van der Waals surface area contributed by atoms with E-state index in [2.05, 4.69) is 13.8 Å². The maximum absolute atomic E-state index is 12.4. The molecule has 9 nitrogen and oxygen atoms in total. The number of aliphatic hydroxyl groups is 4. The Balaban J connectivity index is 1.19. The zero-order valence-corrected chi connectivity index (χ0v) is 22.9. The van der Waals surface area contributed by atoms with Gasteiger partial charge in [0.25, 0.3) is 0 Å². The normalized spacial score (nSPS) is 52.7. The molecule has 2 heterocycles. The van der Waals surface area contributed by atoms with Crippen molar-refractivity contribution in [2.45, 2.75) is 108 Å². The molecule has 6 aliphatic rings. The Bertz CT molecular complexity index is 974. The average molecular weight is 536 g/mol. The van der Waals surface area contributed by atoms with Gasteiger partial charge in [-0.15, -0.1) is 0 Å². The highest BCUT2D eigenvalue weighted by atomic mass is 16.7. The molecule has 0 aromatic carbocycles. The molecule has 4 saturated carbocycles. The average Bonchev–Trinajstić information content (AvgIpc) is 3.44. The number of esters is 1. The molecule has 0 spiro atoms. The summed E-state index contributed by atoms with van der Waals surface area (Å²) < 4.78 is 11.0.